The number of nitrogens with zero attached hydrogens (tertiary/aromatic N) is 1. The molecule has 0 spiro atoms. The van der Waals surface area contributed by atoms with Crippen LogP contribution in [0.15, 0.2) is 48.5 Å². The zero-order valence-corrected chi connectivity index (χ0v) is 13.6. The van der Waals surface area contributed by atoms with Gasteiger partial charge in [0, 0.05) is 19.7 Å². The monoisotopic (exact) mass is 315 g/mol. The molecule has 0 radical (unpaired) electrons. The fourth-order valence-electron chi connectivity index (χ4n) is 2.04. The number of carbonyl (C=O) groups is 1. The molecule has 23 heavy (non-hydrogen) atoms. The molecule has 0 aliphatic rings. The van der Waals surface area contributed by atoms with Crippen molar-refractivity contribution in [1.29, 1.82) is 0 Å². The number of hydrogen-bond acceptors (Lipinski definition) is 4. The Morgan fingerprint density at radius 1 is 0.957 bits per heavy atom. The molecule has 0 bridgehead atoms. The third-order valence-corrected chi connectivity index (χ3v) is 3.41. The van der Waals surface area contributed by atoms with E-state index in [9.17, 15) is 4.79 Å². The Morgan fingerprint density at radius 2 is 1.61 bits per heavy atom. The van der Waals surface area contributed by atoms with Crippen LogP contribution in [0.2, 0.25) is 0 Å². The fourth-order valence-corrected chi connectivity index (χ4v) is 2.04. The van der Waals surface area contributed by atoms with Crippen LogP contribution < -0.4 is 14.2 Å². The molecule has 0 aliphatic heterocycles. The van der Waals surface area contributed by atoms with Gasteiger partial charge in [-0.2, -0.15) is 0 Å². The van der Waals surface area contributed by atoms with Gasteiger partial charge in [-0.15, -0.1) is 0 Å². The molecule has 0 unspecified atom stereocenters. The topological polar surface area (TPSA) is 48.0 Å². The molecule has 0 N–H and O–H groups in total. The third kappa shape index (κ3) is 4.92. The maximum atomic E-state index is 12.1. The van der Waals surface area contributed by atoms with E-state index in [1.54, 1.807) is 38.3 Å². The van der Waals surface area contributed by atoms with Crippen molar-refractivity contribution in [1.82, 2.24) is 4.90 Å². The van der Waals surface area contributed by atoms with E-state index in [-0.39, 0.29) is 12.5 Å². The van der Waals surface area contributed by atoms with Gasteiger partial charge in [-0.25, -0.2) is 0 Å². The Morgan fingerprint density at radius 3 is 2.26 bits per heavy atom. The van der Waals surface area contributed by atoms with Gasteiger partial charge in [0.2, 0.25) is 0 Å². The Bertz CT molecular complexity index is 640. The first-order chi connectivity index (χ1) is 11.1. The van der Waals surface area contributed by atoms with Gasteiger partial charge in [-0.05, 0) is 29.8 Å². The molecule has 2 aromatic rings. The molecule has 0 heterocycles. The number of benzene rings is 2. The smallest absolute Gasteiger partial charge is 0.260 e. The van der Waals surface area contributed by atoms with Gasteiger partial charge in [0.1, 0.15) is 17.2 Å². The Hall–Kier alpha value is -2.69. The minimum atomic E-state index is -0.0939. The van der Waals surface area contributed by atoms with Crippen LogP contribution in [0.4, 0.5) is 0 Å². The van der Waals surface area contributed by atoms with Crippen LogP contribution >= 0.6 is 0 Å². The minimum absolute atomic E-state index is 0.0141. The van der Waals surface area contributed by atoms with Crippen molar-refractivity contribution in [2.75, 3.05) is 27.9 Å². The normalized spacial score (nSPS) is 10.0. The van der Waals surface area contributed by atoms with E-state index in [4.69, 9.17) is 14.2 Å². The molecule has 0 saturated heterocycles. The summed E-state index contributed by atoms with van der Waals surface area (Å²) in [6, 6.07) is 14.8. The minimum Gasteiger partial charge on any atom is -0.497 e. The summed E-state index contributed by atoms with van der Waals surface area (Å²) in [7, 11) is 4.97. The van der Waals surface area contributed by atoms with Crippen molar-refractivity contribution in [3.05, 3.63) is 54.1 Å². The Kier molecular flexibility index (Phi) is 5.86. The highest BCUT2D eigenvalue weighted by molar-refractivity contribution is 5.77. The van der Waals surface area contributed by atoms with E-state index in [1.807, 2.05) is 36.4 Å². The van der Waals surface area contributed by atoms with Crippen LogP contribution in [-0.4, -0.2) is 38.7 Å². The highest BCUT2D eigenvalue weighted by Crippen LogP contribution is 2.19. The average molecular weight is 315 g/mol. The largest absolute Gasteiger partial charge is 0.497 e. The Labute approximate surface area is 136 Å². The molecule has 2 rings (SSSR count). The second kappa shape index (κ2) is 8.08. The van der Waals surface area contributed by atoms with Crippen molar-refractivity contribution in [2.45, 2.75) is 6.54 Å². The highest BCUT2D eigenvalue weighted by atomic mass is 16.5. The number of hydrogen-bond donors (Lipinski definition) is 0. The van der Waals surface area contributed by atoms with Gasteiger partial charge < -0.3 is 19.1 Å². The summed E-state index contributed by atoms with van der Waals surface area (Å²) in [6.07, 6.45) is 0. The van der Waals surface area contributed by atoms with Gasteiger partial charge in [0.15, 0.2) is 6.61 Å². The number of ether oxygens (including phenoxy) is 3. The zero-order valence-electron chi connectivity index (χ0n) is 13.6. The van der Waals surface area contributed by atoms with E-state index < -0.39 is 0 Å². The molecule has 0 fully saturated rings. The van der Waals surface area contributed by atoms with Gasteiger partial charge in [-0.1, -0.05) is 18.2 Å². The van der Waals surface area contributed by atoms with Crippen LogP contribution in [0.5, 0.6) is 17.2 Å². The van der Waals surface area contributed by atoms with Gasteiger partial charge in [-0.3, -0.25) is 4.79 Å². The molecule has 1 amide bonds. The fraction of sp³-hybridized carbons (Fsp3) is 0.278. The second-order valence-corrected chi connectivity index (χ2v) is 5.07. The maximum Gasteiger partial charge on any atom is 0.260 e. The lowest BCUT2D eigenvalue weighted by molar-refractivity contribution is -0.132. The van der Waals surface area contributed by atoms with Crippen molar-refractivity contribution >= 4 is 5.91 Å². The van der Waals surface area contributed by atoms with Crippen molar-refractivity contribution in [3.8, 4) is 17.2 Å². The molecular formula is C18H21NO4. The third-order valence-electron chi connectivity index (χ3n) is 3.41. The van der Waals surface area contributed by atoms with Crippen LogP contribution in [0.1, 0.15) is 5.56 Å². The highest BCUT2D eigenvalue weighted by Gasteiger charge is 2.10. The summed E-state index contributed by atoms with van der Waals surface area (Å²) in [5.74, 6) is 2.00. The van der Waals surface area contributed by atoms with Crippen LogP contribution in [-0.2, 0) is 11.3 Å². The summed E-state index contributed by atoms with van der Waals surface area (Å²) in [4.78, 5) is 13.8. The molecule has 2 aromatic carbocycles. The lowest BCUT2D eigenvalue weighted by atomic mass is 10.2. The molecule has 0 atom stereocenters. The lowest BCUT2D eigenvalue weighted by Crippen LogP contribution is -2.30. The first kappa shape index (κ1) is 16.7. The second-order valence-electron chi connectivity index (χ2n) is 5.07. The van der Waals surface area contributed by atoms with Crippen LogP contribution in [0.25, 0.3) is 0 Å². The van der Waals surface area contributed by atoms with Crippen molar-refractivity contribution in [3.63, 3.8) is 0 Å². The number of likely N-dealkylation sites (N-methyl/N-ethyl adjacent to an activating group) is 1. The lowest BCUT2D eigenvalue weighted by Gasteiger charge is -2.18. The Balaban J connectivity index is 1.86. The number of carbonyl (C=O) groups excluding carboxylic acids is 1. The first-order valence-electron chi connectivity index (χ1n) is 7.26. The summed E-state index contributed by atoms with van der Waals surface area (Å²) >= 11 is 0. The van der Waals surface area contributed by atoms with Crippen LogP contribution in [0.3, 0.4) is 0 Å². The quantitative estimate of drug-likeness (QED) is 0.788. The van der Waals surface area contributed by atoms with Crippen molar-refractivity contribution in [2.24, 2.45) is 0 Å². The van der Waals surface area contributed by atoms with E-state index in [2.05, 4.69) is 0 Å². The van der Waals surface area contributed by atoms with E-state index in [0.717, 1.165) is 11.3 Å². The predicted octanol–water partition coefficient (Wildman–Crippen LogP) is 2.74. The molecule has 0 aromatic heterocycles. The van der Waals surface area contributed by atoms with Gasteiger partial charge >= 0.3 is 0 Å². The van der Waals surface area contributed by atoms with Gasteiger partial charge in [0.25, 0.3) is 5.91 Å². The number of methoxy groups -OCH3 is 2. The zero-order chi connectivity index (χ0) is 16.7. The van der Waals surface area contributed by atoms with E-state index in [0.29, 0.717) is 18.0 Å². The number of rotatable bonds is 7. The summed E-state index contributed by atoms with van der Waals surface area (Å²) in [5, 5.41) is 0. The molecule has 5 heteroatoms. The molecule has 5 nitrogen and oxygen atoms in total. The summed E-state index contributed by atoms with van der Waals surface area (Å²) in [5.41, 5.74) is 1.03. The van der Waals surface area contributed by atoms with Gasteiger partial charge in [0.05, 0.1) is 14.2 Å². The number of amides is 1. The molecular weight excluding hydrogens is 294 g/mol. The molecule has 0 aliphatic carbocycles. The summed E-state index contributed by atoms with van der Waals surface area (Å²) < 4.78 is 15.8. The molecule has 0 saturated carbocycles. The average Bonchev–Trinajstić information content (AvgIpc) is 2.60. The predicted molar refractivity (Wildman–Crippen MR) is 88.0 cm³/mol. The standard InChI is InChI=1S/C18H21NO4/c1-19(12-14-7-9-15(21-2)10-8-14)18(20)13-23-17-6-4-5-16(11-17)22-3/h4-11H,12-13H2,1-3H3. The molecule has 122 valence electrons. The van der Waals surface area contributed by atoms with E-state index in [1.165, 1.54) is 0 Å². The van der Waals surface area contributed by atoms with Crippen LogP contribution in [0, 0.1) is 0 Å². The SMILES string of the molecule is COc1ccc(CN(C)C(=O)COc2cccc(OC)c2)cc1. The first-order valence-corrected chi connectivity index (χ1v) is 7.26. The maximum absolute atomic E-state index is 12.1. The van der Waals surface area contributed by atoms with Crippen molar-refractivity contribution < 1.29 is 19.0 Å². The summed E-state index contributed by atoms with van der Waals surface area (Å²) in [6.45, 7) is 0.504. The van der Waals surface area contributed by atoms with E-state index >= 15 is 0 Å².